The molecule has 4 heteroatoms. The maximum absolute atomic E-state index is 5.61. The lowest BCUT2D eigenvalue weighted by Gasteiger charge is -2.23. The Morgan fingerprint density at radius 1 is 1.50 bits per heavy atom. The van der Waals surface area contributed by atoms with Gasteiger partial charge in [0.05, 0.1) is 0 Å². The standard InChI is InChI=1S/C14H19N3O/c1-9-17-11-6-5-10(8-13(11)18-9)14(15-2)12-4-3-7-16-12/h5-6,8,12,14-16H,3-4,7H2,1-2H3. The van der Waals surface area contributed by atoms with Crippen molar-refractivity contribution >= 4 is 11.1 Å². The monoisotopic (exact) mass is 245 g/mol. The minimum absolute atomic E-state index is 0.335. The van der Waals surface area contributed by atoms with Crippen LogP contribution in [0, 0.1) is 6.92 Å². The summed E-state index contributed by atoms with van der Waals surface area (Å²) in [5.74, 6) is 0.724. The fourth-order valence-corrected chi connectivity index (χ4v) is 2.85. The molecule has 0 amide bonds. The zero-order valence-corrected chi connectivity index (χ0v) is 10.9. The van der Waals surface area contributed by atoms with Crippen LogP contribution >= 0.6 is 0 Å². The number of aryl methyl sites for hydroxylation is 1. The summed E-state index contributed by atoms with van der Waals surface area (Å²) in [6.07, 6.45) is 2.48. The van der Waals surface area contributed by atoms with Crippen LogP contribution in [-0.2, 0) is 0 Å². The van der Waals surface area contributed by atoms with E-state index < -0.39 is 0 Å². The lowest BCUT2D eigenvalue weighted by atomic mass is 9.98. The summed E-state index contributed by atoms with van der Waals surface area (Å²) in [4.78, 5) is 4.33. The normalized spacial score (nSPS) is 21.6. The summed E-state index contributed by atoms with van der Waals surface area (Å²) >= 11 is 0. The van der Waals surface area contributed by atoms with Gasteiger partial charge in [-0.25, -0.2) is 4.98 Å². The number of rotatable bonds is 3. The number of hydrogen-bond acceptors (Lipinski definition) is 4. The van der Waals surface area contributed by atoms with Crippen LogP contribution in [0.15, 0.2) is 22.6 Å². The second kappa shape index (κ2) is 4.71. The first-order chi connectivity index (χ1) is 8.78. The van der Waals surface area contributed by atoms with Gasteiger partial charge in [0.2, 0.25) is 0 Å². The molecule has 0 aliphatic carbocycles. The van der Waals surface area contributed by atoms with E-state index in [9.17, 15) is 0 Å². The minimum Gasteiger partial charge on any atom is -0.441 e. The molecule has 2 N–H and O–H groups in total. The molecule has 0 bridgehead atoms. The third-order valence-electron chi connectivity index (χ3n) is 3.69. The van der Waals surface area contributed by atoms with Crippen LogP contribution in [0.4, 0.5) is 0 Å². The highest BCUT2D eigenvalue weighted by Crippen LogP contribution is 2.26. The van der Waals surface area contributed by atoms with Crippen molar-refractivity contribution < 1.29 is 4.42 Å². The molecule has 4 nitrogen and oxygen atoms in total. The van der Waals surface area contributed by atoms with Gasteiger partial charge in [-0.1, -0.05) is 6.07 Å². The Balaban J connectivity index is 1.95. The number of hydrogen-bond donors (Lipinski definition) is 2. The second-order valence-electron chi connectivity index (χ2n) is 4.93. The summed E-state index contributed by atoms with van der Waals surface area (Å²) in [6.45, 7) is 3.00. The van der Waals surface area contributed by atoms with Crippen LogP contribution in [0.5, 0.6) is 0 Å². The number of benzene rings is 1. The molecular weight excluding hydrogens is 226 g/mol. The number of nitrogens with one attached hydrogen (secondary N) is 2. The predicted molar refractivity (Wildman–Crippen MR) is 71.6 cm³/mol. The van der Waals surface area contributed by atoms with E-state index in [0.717, 1.165) is 23.5 Å². The molecule has 18 heavy (non-hydrogen) atoms. The smallest absolute Gasteiger partial charge is 0.192 e. The van der Waals surface area contributed by atoms with Gasteiger partial charge in [-0.05, 0) is 44.1 Å². The molecule has 2 heterocycles. The topological polar surface area (TPSA) is 50.1 Å². The Hall–Kier alpha value is -1.39. The van der Waals surface area contributed by atoms with Crippen LogP contribution < -0.4 is 10.6 Å². The fraction of sp³-hybridized carbons (Fsp3) is 0.500. The third kappa shape index (κ3) is 2.02. The molecule has 1 aromatic heterocycles. The average Bonchev–Trinajstić information content (AvgIpc) is 2.97. The van der Waals surface area contributed by atoms with Gasteiger partial charge >= 0.3 is 0 Å². The minimum atomic E-state index is 0.335. The molecule has 2 aromatic rings. The molecule has 2 unspecified atom stereocenters. The zero-order chi connectivity index (χ0) is 12.5. The molecule has 3 rings (SSSR count). The van der Waals surface area contributed by atoms with Crippen molar-refractivity contribution in [3.8, 4) is 0 Å². The zero-order valence-electron chi connectivity index (χ0n) is 10.9. The predicted octanol–water partition coefficient (Wildman–Crippen LogP) is 2.15. The van der Waals surface area contributed by atoms with E-state index in [1.54, 1.807) is 0 Å². The molecule has 1 aromatic carbocycles. The lowest BCUT2D eigenvalue weighted by Crippen LogP contribution is -2.36. The maximum Gasteiger partial charge on any atom is 0.192 e. The molecule has 2 atom stereocenters. The van der Waals surface area contributed by atoms with Gasteiger partial charge in [-0.3, -0.25) is 0 Å². The summed E-state index contributed by atoms with van der Waals surface area (Å²) < 4.78 is 5.61. The van der Waals surface area contributed by atoms with E-state index in [-0.39, 0.29) is 0 Å². The number of aromatic nitrogens is 1. The number of likely N-dealkylation sites (N-methyl/N-ethyl adjacent to an activating group) is 1. The van der Waals surface area contributed by atoms with Crippen molar-refractivity contribution in [1.29, 1.82) is 0 Å². The summed E-state index contributed by atoms with van der Waals surface area (Å²) in [5, 5.41) is 6.96. The van der Waals surface area contributed by atoms with Crippen molar-refractivity contribution in [3.05, 3.63) is 29.7 Å². The van der Waals surface area contributed by atoms with Crippen LogP contribution in [0.1, 0.15) is 30.3 Å². The molecule has 0 saturated carbocycles. The molecule has 1 fully saturated rings. The number of oxazole rings is 1. The Bertz CT molecular complexity index is 543. The van der Waals surface area contributed by atoms with Gasteiger partial charge in [0.1, 0.15) is 5.52 Å². The van der Waals surface area contributed by atoms with E-state index in [4.69, 9.17) is 4.42 Å². The first-order valence-electron chi connectivity index (χ1n) is 6.55. The van der Waals surface area contributed by atoms with E-state index in [2.05, 4.69) is 27.8 Å². The maximum atomic E-state index is 5.61. The van der Waals surface area contributed by atoms with Gasteiger partial charge in [0.25, 0.3) is 0 Å². The van der Waals surface area contributed by atoms with Crippen molar-refractivity contribution in [1.82, 2.24) is 15.6 Å². The second-order valence-corrected chi connectivity index (χ2v) is 4.93. The van der Waals surface area contributed by atoms with Crippen molar-refractivity contribution in [2.45, 2.75) is 31.8 Å². The van der Waals surface area contributed by atoms with Crippen molar-refractivity contribution in [2.75, 3.05) is 13.6 Å². The summed E-state index contributed by atoms with van der Waals surface area (Å²) in [7, 11) is 2.01. The Morgan fingerprint density at radius 3 is 3.11 bits per heavy atom. The van der Waals surface area contributed by atoms with Crippen LogP contribution in [0.2, 0.25) is 0 Å². The largest absolute Gasteiger partial charge is 0.441 e. The number of nitrogens with zero attached hydrogens (tertiary/aromatic N) is 1. The first-order valence-corrected chi connectivity index (χ1v) is 6.55. The van der Waals surface area contributed by atoms with E-state index in [0.29, 0.717) is 12.1 Å². The van der Waals surface area contributed by atoms with E-state index in [1.165, 1.54) is 18.4 Å². The fourth-order valence-electron chi connectivity index (χ4n) is 2.85. The van der Waals surface area contributed by atoms with Crippen molar-refractivity contribution in [3.63, 3.8) is 0 Å². The van der Waals surface area contributed by atoms with E-state index in [1.807, 2.05) is 20.0 Å². The average molecular weight is 245 g/mol. The molecule has 0 spiro atoms. The Morgan fingerprint density at radius 2 is 2.39 bits per heavy atom. The van der Waals surface area contributed by atoms with Crippen LogP contribution in [0.25, 0.3) is 11.1 Å². The lowest BCUT2D eigenvalue weighted by molar-refractivity contribution is 0.440. The van der Waals surface area contributed by atoms with E-state index >= 15 is 0 Å². The molecular formula is C14H19N3O. The molecule has 1 aliphatic heterocycles. The highest BCUT2D eigenvalue weighted by atomic mass is 16.3. The van der Waals surface area contributed by atoms with Gasteiger partial charge in [0.15, 0.2) is 11.5 Å². The summed E-state index contributed by atoms with van der Waals surface area (Å²) in [6, 6.07) is 7.14. The highest BCUT2D eigenvalue weighted by molar-refractivity contribution is 5.73. The molecule has 1 aliphatic rings. The number of fused-ring (bicyclic) bond motifs is 1. The Kier molecular flexibility index (Phi) is 3.06. The van der Waals surface area contributed by atoms with Gasteiger partial charge < -0.3 is 15.1 Å². The van der Waals surface area contributed by atoms with Crippen LogP contribution in [0.3, 0.4) is 0 Å². The first kappa shape index (κ1) is 11.7. The highest BCUT2D eigenvalue weighted by Gasteiger charge is 2.25. The third-order valence-corrected chi connectivity index (χ3v) is 3.69. The molecule has 1 saturated heterocycles. The van der Waals surface area contributed by atoms with Gasteiger partial charge in [0, 0.05) is 19.0 Å². The quantitative estimate of drug-likeness (QED) is 0.870. The summed E-state index contributed by atoms with van der Waals surface area (Å²) in [5.41, 5.74) is 3.08. The van der Waals surface area contributed by atoms with Gasteiger partial charge in [-0.2, -0.15) is 0 Å². The Labute approximate surface area is 107 Å². The molecule has 0 radical (unpaired) electrons. The van der Waals surface area contributed by atoms with Crippen molar-refractivity contribution in [2.24, 2.45) is 0 Å². The van der Waals surface area contributed by atoms with Crippen LogP contribution in [-0.4, -0.2) is 24.6 Å². The SMILES string of the molecule is CNC(c1ccc2nc(C)oc2c1)C1CCCN1. The van der Waals surface area contributed by atoms with Gasteiger partial charge in [-0.15, -0.1) is 0 Å². The molecule has 96 valence electrons.